The summed E-state index contributed by atoms with van der Waals surface area (Å²) in [7, 11) is 0. The van der Waals surface area contributed by atoms with E-state index in [1.165, 1.54) is 22.8 Å². The summed E-state index contributed by atoms with van der Waals surface area (Å²) in [5.74, 6) is -5.35. The van der Waals surface area contributed by atoms with Crippen LogP contribution in [-0.2, 0) is 28.8 Å². The van der Waals surface area contributed by atoms with Crippen molar-refractivity contribution in [2.24, 2.45) is 39.8 Å². The van der Waals surface area contributed by atoms with Crippen molar-refractivity contribution in [2.75, 3.05) is 32.8 Å². The molecule has 264 valence electrons. The topological polar surface area (TPSA) is 302 Å². The summed E-state index contributed by atoms with van der Waals surface area (Å²) < 4.78 is 0. The first-order chi connectivity index (χ1) is 22.1. The molecule has 0 aromatic rings. The van der Waals surface area contributed by atoms with Crippen LogP contribution in [0.1, 0.15) is 52.9 Å². The maximum Gasteiger partial charge on any atom is 0.328 e. The van der Waals surface area contributed by atoms with Gasteiger partial charge in [-0.05, 0) is 51.9 Å². The molecule has 2 rings (SSSR count). The molecule has 2 fully saturated rings. The first-order valence-electron chi connectivity index (χ1n) is 15.7. The molecule has 18 nitrogen and oxygen atoms in total. The van der Waals surface area contributed by atoms with E-state index in [4.69, 9.17) is 33.1 Å². The Kier molecular flexibility index (Phi) is 15.0. The molecule has 0 spiro atoms. The molecule has 0 bridgehead atoms. The molecule has 18 heteroatoms. The summed E-state index contributed by atoms with van der Waals surface area (Å²) in [5, 5.41) is 25.5. The average Bonchev–Trinajstić information content (AvgIpc) is 3.53. The Hall–Kier alpha value is -4.29. The van der Waals surface area contributed by atoms with Gasteiger partial charge in [0.1, 0.15) is 17.8 Å². The Morgan fingerprint density at radius 2 is 1.70 bits per heavy atom. The second-order valence-electron chi connectivity index (χ2n) is 12.0. The number of aliphatic carboxylic acids is 1. The summed E-state index contributed by atoms with van der Waals surface area (Å²) >= 11 is 0. The number of rotatable bonds is 15. The molecule has 13 N–H and O–H groups in total. The van der Waals surface area contributed by atoms with Crippen LogP contribution in [-0.4, -0.2) is 124 Å². The number of guanidine groups is 1. The number of aliphatic hydroxyl groups is 1. The number of amides is 5. The SMILES string of the molecule is C/C=C(\NC(=O)[C@@H]1CCN(C(=O)[C@@H]2CCCCN2C(=O)[C@@H](NC(=O)[C@@H](N)[C@@H](C)CCN=C(N)N)[C@H](C)N)C1)C(=O)N[C@@H](CO)C(=O)O. The van der Waals surface area contributed by atoms with Crippen LogP contribution in [0.5, 0.6) is 0 Å². The minimum absolute atomic E-state index is 0.0379. The van der Waals surface area contributed by atoms with Gasteiger partial charge in [0.05, 0.1) is 18.6 Å². The molecule has 7 atom stereocenters. The zero-order chi connectivity index (χ0) is 35.4. The third-order valence-corrected chi connectivity index (χ3v) is 8.40. The third-order valence-electron chi connectivity index (χ3n) is 8.40. The zero-order valence-electron chi connectivity index (χ0n) is 27.2. The van der Waals surface area contributed by atoms with Gasteiger partial charge in [-0.15, -0.1) is 0 Å². The Morgan fingerprint density at radius 3 is 2.28 bits per heavy atom. The molecule has 47 heavy (non-hydrogen) atoms. The highest BCUT2D eigenvalue weighted by molar-refractivity contribution is 6.00. The number of carbonyl (C=O) groups is 6. The summed E-state index contributed by atoms with van der Waals surface area (Å²) in [4.78, 5) is 84.0. The molecular weight excluding hydrogens is 616 g/mol. The second-order valence-corrected chi connectivity index (χ2v) is 12.0. The monoisotopic (exact) mass is 666 g/mol. The standard InChI is InChI=1S/C29H50N10O8/c1-4-18(24(42)36-19(14-40)28(46)47)35-23(41)17-9-12-38(13-17)26(44)20-7-5-6-11-39(20)27(45)22(16(3)30)37-25(43)21(31)15(2)8-10-34-29(32)33/h4,15-17,19-22,40H,5-14,30-31H2,1-3H3,(H,35,41)(H,36,42)(H,37,43)(H,46,47)(H4,32,33,34)/b18-4-/t15-,16-,17+,19-,20-,21-,22-/m0/s1. The minimum atomic E-state index is -1.55. The minimum Gasteiger partial charge on any atom is -0.480 e. The first kappa shape index (κ1) is 38.9. The lowest BCUT2D eigenvalue weighted by Crippen LogP contribution is -2.63. The van der Waals surface area contributed by atoms with E-state index in [1.807, 2.05) is 0 Å². The van der Waals surface area contributed by atoms with E-state index in [0.29, 0.717) is 32.1 Å². The smallest absolute Gasteiger partial charge is 0.328 e. The summed E-state index contributed by atoms with van der Waals surface area (Å²) in [5.41, 5.74) is 22.8. The molecule has 0 unspecified atom stereocenters. The van der Waals surface area contributed by atoms with Crippen molar-refractivity contribution in [2.45, 2.75) is 83.1 Å². The number of allylic oxidation sites excluding steroid dienone is 1. The van der Waals surface area contributed by atoms with Gasteiger partial charge in [0.25, 0.3) is 5.91 Å². The number of piperidine rings is 1. The fraction of sp³-hybridized carbons (Fsp3) is 0.690. The summed E-state index contributed by atoms with van der Waals surface area (Å²) in [6, 6.07) is -5.28. The molecule has 0 radical (unpaired) electrons. The predicted octanol–water partition coefficient (Wildman–Crippen LogP) is -3.74. The van der Waals surface area contributed by atoms with Crippen molar-refractivity contribution in [3.8, 4) is 0 Å². The Morgan fingerprint density at radius 1 is 1.02 bits per heavy atom. The van der Waals surface area contributed by atoms with E-state index in [-0.39, 0.29) is 49.7 Å². The Balaban J connectivity index is 2.07. The average molecular weight is 667 g/mol. The number of carboxylic acids is 1. The van der Waals surface area contributed by atoms with Crippen LogP contribution in [0, 0.1) is 11.8 Å². The molecule has 0 saturated carbocycles. The van der Waals surface area contributed by atoms with Crippen LogP contribution in [0.4, 0.5) is 0 Å². The van der Waals surface area contributed by atoms with E-state index in [2.05, 4.69) is 20.9 Å². The van der Waals surface area contributed by atoms with E-state index >= 15 is 0 Å². The second kappa shape index (κ2) is 18.2. The van der Waals surface area contributed by atoms with Crippen LogP contribution in [0.2, 0.25) is 0 Å². The summed E-state index contributed by atoms with van der Waals surface area (Å²) in [6.45, 7) is 4.81. The molecule has 0 aliphatic carbocycles. The van der Waals surface area contributed by atoms with Crippen LogP contribution in [0.25, 0.3) is 0 Å². The number of hydrogen-bond acceptors (Lipinski definition) is 10. The lowest BCUT2D eigenvalue weighted by Gasteiger charge is -2.39. The molecule has 2 saturated heterocycles. The highest BCUT2D eigenvalue weighted by Gasteiger charge is 2.42. The van der Waals surface area contributed by atoms with Gasteiger partial charge in [-0.2, -0.15) is 0 Å². The number of likely N-dealkylation sites (tertiary alicyclic amines) is 2. The van der Waals surface area contributed by atoms with Crippen molar-refractivity contribution in [3.63, 3.8) is 0 Å². The third kappa shape index (κ3) is 10.9. The molecule has 5 amide bonds. The number of nitrogens with zero attached hydrogens (tertiary/aromatic N) is 3. The van der Waals surface area contributed by atoms with E-state index < -0.39 is 72.3 Å². The van der Waals surface area contributed by atoms with Crippen LogP contribution in [0.3, 0.4) is 0 Å². The fourth-order valence-electron chi connectivity index (χ4n) is 5.44. The Bertz CT molecular complexity index is 1220. The van der Waals surface area contributed by atoms with E-state index in [1.54, 1.807) is 13.8 Å². The fourth-order valence-corrected chi connectivity index (χ4v) is 5.44. The largest absolute Gasteiger partial charge is 0.480 e. The van der Waals surface area contributed by atoms with Crippen molar-refractivity contribution in [1.82, 2.24) is 25.8 Å². The Labute approximate surface area is 273 Å². The predicted molar refractivity (Wildman–Crippen MR) is 171 cm³/mol. The van der Waals surface area contributed by atoms with Gasteiger partial charge < -0.3 is 58.9 Å². The zero-order valence-corrected chi connectivity index (χ0v) is 27.2. The normalized spacial score (nSPS) is 21.4. The van der Waals surface area contributed by atoms with Gasteiger partial charge >= 0.3 is 5.97 Å². The number of carbonyl (C=O) groups excluding carboxylic acids is 5. The number of nitrogens with two attached hydrogens (primary N) is 4. The summed E-state index contributed by atoms with van der Waals surface area (Å²) in [6.07, 6.45) is 3.74. The number of hydrogen-bond donors (Lipinski definition) is 9. The van der Waals surface area contributed by atoms with Crippen molar-refractivity contribution >= 4 is 41.5 Å². The molecule has 2 aliphatic heterocycles. The molecular formula is C29H50N10O8. The van der Waals surface area contributed by atoms with Gasteiger partial charge in [0.2, 0.25) is 23.6 Å². The van der Waals surface area contributed by atoms with E-state index in [9.17, 15) is 28.8 Å². The maximum absolute atomic E-state index is 13.8. The van der Waals surface area contributed by atoms with Crippen LogP contribution >= 0.6 is 0 Å². The lowest BCUT2D eigenvalue weighted by atomic mass is 9.96. The van der Waals surface area contributed by atoms with Crippen molar-refractivity contribution < 1.29 is 39.0 Å². The number of aliphatic hydroxyl groups excluding tert-OH is 1. The first-order valence-corrected chi connectivity index (χ1v) is 15.7. The van der Waals surface area contributed by atoms with Gasteiger partial charge in [-0.1, -0.05) is 13.0 Å². The molecule has 2 heterocycles. The number of aliphatic imine (C=N–C) groups is 1. The van der Waals surface area contributed by atoms with Gasteiger partial charge in [-0.3, -0.25) is 29.0 Å². The number of nitrogens with one attached hydrogen (secondary N) is 3. The molecule has 2 aliphatic rings. The quantitative estimate of drug-likeness (QED) is 0.0463. The van der Waals surface area contributed by atoms with Crippen LogP contribution < -0.4 is 38.9 Å². The maximum atomic E-state index is 13.8. The highest BCUT2D eigenvalue weighted by atomic mass is 16.4. The van der Waals surface area contributed by atoms with Crippen molar-refractivity contribution in [1.29, 1.82) is 0 Å². The van der Waals surface area contributed by atoms with Crippen LogP contribution in [0.15, 0.2) is 16.8 Å². The number of carboxylic acid groups (broad SMARTS) is 1. The van der Waals surface area contributed by atoms with Gasteiger partial charge in [0.15, 0.2) is 12.0 Å². The van der Waals surface area contributed by atoms with Gasteiger partial charge in [-0.25, -0.2) is 4.79 Å². The molecule has 0 aromatic heterocycles. The highest BCUT2D eigenvalue weighted by Crippen LogP contribution is 2.25. The van der Waals surface area contributed by atoms with Gasteiger partial charge in [0, 0.05) is 32.2 Å². The lowest BCUT2D eigenvalue weighted by molar-refractivity contribution is -0.149. The molecule has 0 aromatic carbocycles. The van der Waals surface area contributed by atoms with E-state index in [0.717, 1.165) is 0 Å². The van der Waals surface area contributed by atoms with Crippen molar-refractivity contribution in [3.05, 3.63) is 11.8 Å².